The molecule has 0 spiro atoms. The Labute approximate surface area is 282 Å². The van der Waals surface area contributed by atoms with E-state index in [-0.39, 0.29) is 24.1 Å². The lowest BCUT2D eigenvalue weighted by atomic mass is 10.1. The molecule has 2 atom stereocenters. The Morgan fingerprint density at radius 1 is 1.06 bits per heavy atom. The van der Waals surface area contributed by atoms with Gasteiger partial charge in [0.1, 0.15) is 17.5 Å². The molecular weight excluding hydrogens is 641 g/mol. The fourth-order valence-corrected chi connectivity index (χ4v) is 11.5. The average Bonchev–Trinajstić information content (AvgIpc) is 3.52. The molecule has 1 unspecified atom stereocenters. The van der Waals surface area contributed by atoms with Gasteiger partial charge in [-0.3, -0.25) is 12.5 Å². The van der Waals surface area contributed by atoms with E-state index in [2.05, 4.69) is 70.6 Å². The van der Waals surface area contributed by atoms with Crippen molar-refractivity contribution in [2.24, 2.45) is 0 Å². The molecule has 0 saturated heterocycles. The van der Waals surface area contributed by atoms with Crippen LogP contribution in [0, 0.1) is 25.2 Å². The highest BCUT2D eigenvalue weighted by molar-refractivity contribution is 7.82. The third kappa shape index (κ3) is 7.51. The summed E-state index contributed by atoms with van der Waals surface area (Å²) in [4.78, 5) is 26.7. The van der Waals surface area contributed by atoms with Gasteiger partial charge < -0.3 is 19.2 Å². The summed E-state index contributed by atoms with van der Waals surface area (Å²) in [7, 11) is -1.56. The molecule has 0 aliphatic carbocycles. The Bertz CT molecular complexity index is 1940. The predicted molar refractivity (Wildman–Crippen MR) is 190 cm³/mol. The predicted octanol–water partition coefficient (Wildman–Crippen LogP) is 5.65. The number of nitrogens with one attached hydrogen (secondary N) is 1. The average molecular weight is 680 g/mol. The van der Waals surface area contributed by atoms with E-state index in [1.165, 1.54) is 11.5 Å². The third-order valence-electron chi connectivity index (χ3n) is 7.82. The highest BCUT2D eigenvalue weighted by Crippen LogP contribution is 2.43. The van der Waals surface area contributed by atoms with E-state index in [9.17, 15) is 10.1 Å². The number of anilines is 1. The van der Waals surface area contributed by atoms with Crippen molar-refractivity contribution in [2.75, 3.05) is 25.1 Å². The van der Waals surface area contributed by atoms with Crippen molar-refractivity contribution < 1.29 is 18.7 Å². The van der Waals surface area contributed by atoms with E-state index >= 15 is 0 Å². The number of rotatable bonds is 13. The highest BCUT2D eigenvalue weighted by Gasteiger charge is 2.33. The highest BCUT2D eigenvalue weighted by atomic mass is 31.3. The summed E-state index contributed by atoms with van der Waals surface area (Å²) in [6.45, 7) is 10.9. The second-order valence-corrected chi connectivity index (χ2v) is 19.1. The lowest BCUT2D eigenvalue weighted by Crippen LogP contribution is -2.53. The van der Waals surface area contributed by atoms with Crippen LogP contribution in [0.15, 0.2) is 79.4 Å². The maximum Gasteiger partial charge on any atom is 0.269 e. The van der Waals surface area contributed by atoms with Gasteiger partial charge >= 0.3 is 0 Å². The number of aryl methyl sites for hydroxylation is 2. The number of hydrogen-bond donors (Lipinski definition) is 1. The summed E-state index contributed by atoms with van der Waals surface area (Å²) < 4.78 is 20.6. The number of ether oxygens (including phenoxy) is 2. The normalized spacial score (nSPS) is 13.5. The van der Waals surface area contributed by atoms with E-state index in [0.717, 1.165) is 18.9 Å². The summed E-state index contributed by atoms with van der Waals surface area (Å²) in [6.07, 6.45) is 7.76. The van der Waals surface area contributed by atoms with Crippen LogP contribution in [0.1, 0.15) is 37.5 Å². The molecule has 247 valence electrons. The van der Waals surface area contributed by atoms with E-state index in [1.54, 1.807) is 35.3 Å². The lowest BCUT2D eigenvalue weighted by molar-refractivity contribution is -0.125. The molecule has 0 fully saturated rings. The molecule has 48 heavy (non-hydrogen) atoms. The van der Waals surface area contributed by atoms with Crippen LogP contribution >= 0.6 is 7.75 Å². The second-order valence-electron chi connectivity index (χ2n) is 12.2. The van der Waals surface area contributed by atoms with Gasteiger partial charge in [0.2, 0.25) is 12.0 Å². The Hall–Kier alpha value is -4.79. The molecule has 5 rings (SSSR count). The van der Waals surface area contributed by atoms with Gasteiger partial charge in [0.25, 0.3) is 5.91 Å². The number of nitrogens with zero attached hydrogens (tertiary/aromatic N) is 6. The van der Waals surface area contributed by atoms with Gasteiger partial charge in [0.15, 0.2) is 5.65 Å². The van der Waals surface area contributed by atoms with Crippen LogP contribution in [0.4, 0.5) is 5.82 Å². The molecule has 0 bridgehead atoms. The molecule has 0 saturated carbocycles. The fraction of sp³-hybridized carbons (Fsp3) is 0.286. The number of fused-ring (bicyclic) bond motifs is 1. The van der Waals surface area contributed by atoms with Crippen LogP contribution in [-0.2, 0) is 14.0 Å². The number of nitriles is 1. The molecule has 11 nitrogen and oxygen atoms in total. The number of aromatic nitrogens is 5. The van der Waals surface area contributed by atoms with Crippen LogP contribution in [0.25, 0.3) is 16.7 Å². The first-order valence-corrected chi connectivity index (χ1v) is 19.2. The van der Waals surface area contributed by atoms with Gasteiger partial charge in [-0.05, 0) is 43.2 Å². The van der Waals surface area contributed by atoms with Gasteiger partial charge in [-0.1, -0.05) is 63.2 Å². The molecule has 3 aromatic heterocycles. The van der Waals surface area contributed by atoms with Crippen LogP contribution in [0.2, 0.25) is 5.04 Å². The van der Waals surface area contributed by atoms with Gasteiger partial charge in [0, 0.05) is 12.8 Å². The summed E-state index contributed by atoms with van der Waals surface area (Å²) in [5.41, 5.74) is 3.52. The topological polar surface area (TPSA) is 137 Å². The Morgan fingerprint density at radius 3 is 2.54 bits per heavy atom. The minimum absolute atomic E-state index is 0.0818. The first kappa shape index (κ1) is 34.5. The Balaban J connectivity index is 1.36. The smallest absolute Gasteiger partial charge is 0.269 e. The van der Waals surface area contributed by atoms with Crippen LogP contribution in [-0.4, -0.2) is 70.8 Å². The minimum atomic E-state index is -2.51. The molecular formula is C35H38N7O4PSi-. The van der Waals surface area contributed by atoms with Crippen molar-refractivity contribution in [3.05, 3.63) is 96.1 Å². The maximum atomic E-state index is 13.6. The molecule has 5 aromatic rings. The van der Waals surface area contributed by atoms with E-state index in [4.69, 9.17) is 13.9 Å². The molecule has 0 aliphatic heterocycles. The molecule has 3 heterocycles. The number of benzene rings is 2. The Kier molecular flexibility index (Phi) is 10.8. The van der Waals surface area contributed by atoms with Gasteiger partial charge in [0.05, 0.1) is 44.7 Å². The fourth-order valence-electron chi connectivity index (χ4n) is 5.26. The number of hydrogen-bond acceptors (Lipinski definition) is 9. The van der Waals surface area contributed by atoms with Crippen molar-refractivity contribution in [3.63, 3.8) is 0 Å². The van der Waals surface area contributed by atoms with Crippen molar-refractivity contribution in [3.8, 4) is 17.6 Å². The number of carbonyl (C=O) groups excluding carboxylic acids is 1. The largest absolute Gasteiger partial charge is 0.553 e. The SMILES string of the molecule is C=P[Si-](OCCOC[C@H](Oc1ncnc2c1cnn2-c1cc(C#N)ccc1C)C(=O)Nc1ccc(C)cn1)(c1ccccc1)C(C)(C)C. The molecule has 1 amide bonds. The summed E-state index contributed by atoms with van der Waals surface area (Å²) in [5.74, 6) is 0.0913. The lowest BCUT2D eigenvalue weighted by Gasteiger charge is -2.52. The minimum Gasteiger partial charge on any atom is -0.553 e. The number of carbonyl (C=O) groups is 1. The monoisotopic (exact) mass is 679 g/mol. The molecule has 0 radical (unpaired) electrons. The maximum absolute atomic E-state index is 13.6. The molecule has 2 aromatic carbocycles. The van der Waals surface area contributed by atoms with Crippen LogP contribution < -0.4 is 15.2 Å². The van der Waals surface area contributed by atoms with E-state index in [0.29, 0.717) is 34.7 Å². The summed E-state index contributed by atoms with van der Waals surface area (Å²) in [6, 6.07) is 21.3. The third-order valence-corrected chi connectivity index (χ3v) is 16.5. The summed E-state index contributed by atoms with van der Waals surface area (Å²) in [5, 5.41) is 18.3. The van der Waals surface area contributed by atoms with Crippen LogP contribution in [0.3, 0.4) is 0 Å². The van der Waals surface area contributed by atoms with Gasteiger partial charge in [-0.2, -0.15) is 15.5 Å². The zero-order chi connectivity index (χ0) is 34.3. The van der Waals surface area contributed by atoms with Gasteiger partial charge in [-0.25, -0.2) is 19.6 Å². The van der Waals surface area contributed by atoms with E-state index in [1.807, 2.05) is 44.2 Å². The van der Waals surface area contributed by atoms with E-state index < -0.39 is 20.0 Å². The van der Waals surface area contributed by atoms with Gasteiger partial charge in [-0.15, -0.1) is 11.3 Å². The first-order chi connectivity index (χ1) is 23.1. The Morgan fingerprint density at radius 2 is 1.85 bits per heavy atom. The van der Waals surface area contributed by atoms with Crippen LogP contribution in [0.5, 0.6) is 5.88 Å². The van der Waals surface area contributed by atoms with Crippen molar-refractivity contribution in [1.29, 1.82) is 5.26 Å². The first-order valence-electron chi connectivity index (χ1n) is 15.4. The molecule has 0 aliphatic rings. The zero-order valence-electron chi connectivity index (χ0n) is 27.7. The quantitative estimate of drug-likeness (QED) is 0.0952. The summed E-state index contributed by atoms with van der Waals surface area (Å²) >= 11 is 0. The molecule has 13 heteroatoms. The van der Waals surface area contributed by atoms with Crippen molar-refractivity contribution in [2.45, 2.75) is 45.8 Å². The molecule has 1 N–H and O–H groups in total. The number of amides is 1. The van der Waals surface area contributed by atoms with Crippen molar-refractivity contribution >= 4 is 50.0 Å². The van der Waals surface area contributed by atoms with Crippen molar-refractivity contribution in [1.82, 2.24) is 24.7 Å². The standard InChI is InChI=1S/C35H38N7O4PSi/c1-24-12-15-31(37-20-24)41-33(43)30(22-44-16-17-45-48(47-6,35(3,4)5)27-10-8-7-9-11-27)46-34-28-21-40-42(32(28)38-23-39-34)29-18-26(19-36)14-13-25(29)2/h7-15,18,20-21,23,30H,6,16-17,22H2,1-5H3,(H,37,41,43)/q-1/t30-/m0/s1. The zero-order valence-corrected chi connectivity index (χ0v) is 29.6. The number of pyridine rings is 1. The second kappa shape index (κ2) is 15.0.